The van der Waals surface area contributed by atoms with Crippen LogP contribution >= 0.6 is 27.3 Å². The quantitative estimate of drug-likeness (QED) is 0.892. The first kappa shape index (κ1) is 13.6. The maximum Gasteiger partial charge on any atom is 0.126 e. The molecule has 1 heterocycles. The molecule has 0 aliphatic carbocycles. The molecule has 96 valence electrons. The van der Waals surface area contributed by atoms with Gasteiger partial charge in [0.25, 0.3) is 0 Å². The molecule has 0 spiro atoms. The molecule has 0 aliphatic rings. The maximum atomic E-state index is 9.69. The molecule has 2 aromatic rings. The van der Waals surface area contributed by atoms with Crippen molar-refractivity contribution in [3.63, 3.8) is 0 Å². The first-order valence-electron chi connectivity index (χ1n) is 5.79. The lowest BCUT2D eigenvalue weighted by Crippen LogP contribution is -2.04. The Morgan fingerprint density at radius 1 is 1.39 bits per heavy atom. The molecule has 1 atom stereocenters. The van der Waals surface area contributed by atoms with E-state index in [9.17, 15) is 5.11 Å². The summed E-state index contributed by atoms with van der Waals surface area (Å²) in [6, 6.07) is 9.84. The monoisotopic (exact) mass is 326 g/mol. The second-order valence-corrected chi connectivity index (χ2v) is 5.98. The minimum absolute atomic E-state index is 0.519. The SMILES string of the molecule is C[C@@H](O)c1ccc(Br)cc1OCCc1cccs1. The smallest absolute Gasteiger partial charge is 0.126 e. The summed E-state index contributed by atoms with van der Waals surface area (Å²) < 4.78 is 6.73. The Morgan fingerprint density at radius 2 is 2.22 bits per heavy atom. The van der Waals surface area contributed by atoms with Crippen molar-refractivity contribution in [1.82, 2.24) is 0 Å². The summed E-state index contributed by atoms with van der Waals surface area (Å²) in [5.41, 5.74) is 0.823. The molecule has 0 amide bonds. The molecule has 4 heteroatoms. The highest BCUT2D eigenvalue weighted by Crippen LogP contribution is 2.28. The third-order valence-electron chi connectivity index (χ3n) is 2.61. The van der Waals surface area contributed by atoms with Crippen LogP contribution in [0.3, 0.4) is 0 Å². The van der Waals surface area contributed by atoms with E-state index in [-0.39, 0.29) is 0 Å². The van der Waals surface area contributed by atoms with Crippen LogP contribution < -0.4 is 4.74 Å². The molecule has 0 unspecified atom stereocenters. The lowest BCUT2D eigenvalue weighted by atomic mass is 10.1. The first-order chi connectivity index (χ1) is 8.66. The van der Waals surface area contributed by atoms with Gasteiger partial charge in [0.2, 0.25) is 0 Å². The third kappa shape index (κ3) is 3.57. The van der Waals surface area contributed by atoms with Gasteiger partial charge in [-0.3, -0.25) is 0 Å². The van der Waals surface area contributed by atoms with Gasteiger partial charge in [0, 0.05) is 21.3 Å². The number of rotatable bonds is 5. The number of ether oxygens (including phenoxy) is 1. The van der Waals surface area contributed by atoms with Gasteiger partial charge in [-0.1, -0.05) is 28.1 Å². The van der Waals surface area contributed by atoms with Crippen LogP contribution in [0.4, 0.5) is 0 Å². The van der Waals surface area contributed by atoms with Crippen LogP contribution in [-0.2, 0) is 6.42 Å². The number of hydrogen-bond donors (Lipinski definition) is 1. The molecule has 0 saturated heterocycles. The van der Waals surface area contributed by atoms with Crippen molar-refractivity contribution in [2.75, 3.05) is 6.61 Å². The second-order valence-electron chi connectivity index (χ2n) is 4.04. The molecule has 0 radical (unpaired) electrons. The van der Waals surface area contributed by atoms with Crippen molar-refractivity contribution < 1.29 is 9.84 Å². The van der Waals surface area contributed by atoms with E-state index in [1.807, 2.05) is 24.3 Å². The Kier molecular flexibility index (Phi) is 4.80. The summed E-state index contributed by atoms with van der Waals surface area (Å²) >= 11 is 5.15. The molecule has 1 aromatic carbocycles. The van der Waals surface area contributed by atoms with Crippen molar-refractivity contribution in [2.45, 2.75) is 19.4 Å². The second kappa shape index (κ2) is 6.36. The number of aliphatic hydroxyl groups excluding tert-OH is 1. The van der Waals surface area contributed by atoms with Gasteiger partial charge < -0.3 is 9.84 Å². The highest BCUT2D eigenvalue weighted by Gasteiger charge is 2.09. The number of hydrogen-bond acceptors (Lipinski definition) is 3. The topological polar surface area (TPSA) is 29.5 Å². The van der Waals surface area contributed by atoms with E-state index in [4.69, 9.17) is 4.74 Å². The fourth-order valence-corrected chi connectivity index (χ4v) is 2.73. The van der Waals surface area contributed by atoms with Crippen LogP contribution in [0.25, 0.3) is 0 Å². The van der Waals surface area contributed by atoms with Crippen molar-refractivity contribution in [3.8, 4) is 5.75 Å². The van der Waals surface area contributed by atoms with Crippen LogP contribution in [0.5, 0.6) is 5.75 Å². The molecule has 0 fully saturated rings. The molecule has 2 nitrogen and oxygen atoms in total. The number of aliphatic hydroxyl groups is 1. The Bertz CT molecular complexity index is 495. The van der Waals surface area contributed by atoms with Gasteiger partial charge in [-0.05, 0) is 30.5 Å². The number of thiophene rings is 1. The van der Waals surface area contributed by atoms with E-state index in [1.165, 1.54) is 4.88 Å². The van der Waals surface area contributed by atoms with Gasteiger partial charge in [0.05, 0.1) is 12.7 Å². The highest BCUT2D eigenvalue weighted by atomic mass is 79.9. The van der Waals surface area contributed by atoms with Crippen molar-refractivity contribution in [3.05, 3.63) is 50.6 Å². The largest absolute Gasteiger partial charge is 0.493 e. The molecule has 0 aliphatic heterocycles. The van der Waals surface area contributed by atoms with Crippen LogP contribution in [0.15, 0.2) is 40.2 Å². The first-order valence-corrected chi connectivity index (χ1v) is 7.47. The Hall–Kier alpha value is -0.840. The van der Waals surface area contributed by atoms with Gasteiger partial charge >= 0.3 is 0 Å². The van der Waals surface area contributed by atoms with E-state index in [1.54, 1.807) is 18.3 Å². The Labute approximate surface area is 119 Å². The van der Waals surface area contributed by atoms with Crippen molar-refractivity contribution in [2.24, 2.45) is 0 Å². The van der Waals surface area contributed by atoms with Gasteiger partial charge in [-0.25, -0.2) is 0 Å². The summed E-state index contributed by atoms with van der Waals surface area (Å²) in [4.78, 5) is 1.31. The van der Waals surface area contributed by atoms with Crippen molar-refractivity contribution in [1.29, 1.82) is 0 Å². The summed E-state index contributed by atoms with van der Waals surface area (Å²) in [5, 5.41) is 11.8. The summed E-state index contributed by atoms with van der Waals surface area (Å²) in [7, 11) is 0. The summed E-state index contributed by atoms with van der Waals surface area (Å²) in [6.45, 7) is 2.37. The van der Waals surface area contributed by atoms with Crippen molar-refractivity contribution >= 4 is 27.3 Å². The predicted molar refractivity (Wildman–Crippen MR) is 78.3 cm³/mol. The molecular weight excluding hydrogens is 312 g/mol. The van der Waals surface area contributed by atoms with Crippen LogP contribution in [0.1, 0.15) is 23.5 Å². The van der Waals surface area contributed by atoms with E-state index < -0.39 is 6.10 Å². The van der Waals surface area contributed by atoms with Crippen LogP contribution in [0, 0.1) is 0 Å². The molecule has 18 heavy (non-hydrogen) atoms. The van der Waals surface area contributed by atoms with Gasteiger partial charge in [0.1, 0.15) is 5.75 Å². The van der Waals surface area contributed by atoms with E-state index in [0.29, 0.717) is 6.61 Å². The fraction of sp³-hybridized carbons (Fsp3) is 0.286. The zero-order valence-corrected chi connectivity index (χ0v) is 12.5. The number of benzene rings is 1. The highest BCUT2D eigenvalue weighted by molar-refractivity contribution is 9.10. The molecule has 0 saturated carbocycles. The Morgan fingerprint density at radius 3 is 2.89 bits per heavy atom. The zero-order chi connectivity index (χ0) is 13.0. The average molecular weight is 327 g/mol. The zero-order valence-electron chi connectivity index (χ0n) is 10.1. The van der Waals surface area contributed by atoms with E-state index in [0.717, 1.165) is 22.2 Å². The Balaban J connectivity index is 2.01. The maximum absolute atomic E-state index is 9.69. The minimum atomic E-state index is -0.519. The van der Waals surface area contributed by atoms with Gasteiger partial charge in [0.15, 0.2) is 0 Å². The average Bonchev–Trinajstić information content (AvgIpc) is 2.82. The molecular formula is C14H15BrO2S. The minimum Gasteiger partial charge on any atom is -0.493 e. The number of halogens is 1. The van der Waals surface area contributed by atoms with Gasteiger partial charge in [-0.2, -0.15) is 0 Å². The van der Waals surface area contributed by atoms with E-state index in [2.05, 4.69) is 27.4 Å². The molecule has 2 rings (SSSR count). The fourth-order valence-electron chi connectivity index (χ4n) is 1.69. The lowest BCUT2D eigenvalue weighted by Gasteiger charge is -2.13. The molecule has 1 aromatic heterocycles. The normalized spacial score (nSPS) is 12.4. The lowest BCUT2D eigenvalue weighted by molar-refractivity contribution is 0.191. The molecule has 1 N–H and O–H groups in total. The molecule has 0 bridgehead atoms. The third-order valence-corrected chi connectivity index (χ3v) is 4.04. The predicted octanol–water partition coefficient (Wildman–Crippen LogP) is 4.19. The summed E-state index contributed by atoms with van der Waals surface area (Å²) in [6.07, 6.45) is 0.374. The standard InChI is InChI=1S/C14H15BrO2S/c1-10(16)13-5-4-11(15)9-14(13)17-7-6-12-3-2-8-18-12/h2-5,8-10,16H,6-7H2,1H3/t10-/m1/s1. The summed E-state index contributed by atoms with van der Waals surface area (Å²) in [5.74, 6) is 0.746. The van der Waals surface area contributed by atoms with Crippen LogP contribution in [-0.4, -0.2) is 11.7 Å². The van der Waals surface area contributed by atoms with Crippen LogP contribution in [0.2, 0.25) is 0 Å². The van der Waals surface area contributed by atoms with E-state index >= 15 is 0 Å². The van der Waals surface area contributed by atoms with Gasteiger partial charge in [-0.15, -0.1) is 11.3 Å².